The SMILES string of the molecule is C=C(CCn1cnc(C)c1)Nc1nc(NC)c2c(n1)N(c1cc(F)cc(F)c1)CC2. The number of fused-ring (bicyclic) bond motifs is 1. The van der Waals surface area contributed by atoms with Gasteiger partial charge in [-0.3, -0.25) is 0 Å². The van der Waals surface area contributed by atoms with Gasteiger partial charge >= 0.3 is 0 Å². The molecule has 2 N–H and O–H groups in total. The second-order valence-corrected chi connectivity index (χ2v) is 7.21. The average molecular weight is 411 g/mol. The van der Waals surface area contributed by atoms with Gasteiger partial charge < -0.3 is 20.1 Å². The summed E-state index contributed by atoms with van der Waals surface area (Å²) in [4.78, 5) is 15.2. The topological polar surface area (TPSA) is 70.9 Å². The predicted octanol–water partition coefficient (Wildman–Crippen LogP) is 4.01. The van der Waals surface area contributed by atoms with Crippen LogP contribution in [0.3, 0.4) is 0 Å². The van der Waals surface area contributed by atoms with Crippen molar-refractivity contribution in [2.45, 2.75) is 26.3 Å². The molecule has 0 bridgehead atoms. The minimum absolute atomic E-state index is 0.383. The summed E-state index contributed by atoms with van der Waals surface area (Å²) in [6, 6.07) is 3.47. The molecule has 3 aromatic rings. The fraction of sp³-hybridized carbons (Fsp3) is 0.286. The highest BCUT2D eigenvalue weighted by Gasteiger charge is 2.27. The van der Waals surface area contributed by atoms with E-state index >= 15 is 0 Å². The minimum Gasteiger partial charge on any atom is -0.373 e. The van der Waals surface area contributed by atoms with Crippen molar-refractivity contribution in [3.8, 4) is 0 Å². The van der Waals surface area contributed by atoms with Crippen LogP contribution in [0.15, 0.2) is 43.0 Å². The molecule has 1 aliphatic heterocycles. The van der Waals surface area contributed by atoms with Crippen molar-refractivity contribution in [2.75, 3.05) is 29.1 Å². The van der Waals surface area contributed by atoms with Crippen molar-refractivity contribution in [3.63, 3.8) is 0 Å². The molecule has 2 aromatic heterocycles. The fourth-order valence-electron chi connectivity index (χ4n) is 3.54. The number of aryl methyl sites for hydroxylation is 2. The standard InChI is InChI=1S/C21H23F2N7/c1-13(4-6-29-11-14(2)25-12-29)26-21-27-19(24-3)18-5-7-30(20(18)28-21)17-9-15(22)8-16(23)10-17/h8-12H,1,4-7H2,2-3H3,(H2,24,26,27,28). The molecule has 1 aromatic carbocycles. The predicted molar refractivity (Wildman–Crippen MR) is 113 cm³/mol. The zero-order valence-corrected chi connectivity index (χ0v) is 16.9. The summed E-state index contributed by atoms with van der Waals surface area (Å²) in [6.07, 6.45) is 5.09. The maximum absolute atomic E-state index is 13.7. The van der Waals surface area contributed by atoms with Crippen molar-refractivity contribution in [1.29, 1.82) is 0 Å². The summed E-state index contributed by atoms with van der Waals surface area (Å²) in [5, 5.41) is 6.24. The van der Waals surface area contributed by atoms with Crippen LogP contribution in [-0.2, 0) is 13.0 Å². The summed E-state index contributed by atoms with van der Waals surface area (Å²) in [5.41, 5.74) is 3.05. The second kappa shape index (κ2) is 8.10. The lowest BCUT2D eigenvalue weighted by Gasteiger charge is -2.20. The number of nitrogens with one attached hydrogen (secondary N) is 2. The van der Waals surface area contributed by atoms with E-state index in [0.717, 1.165) is 29.6 Å². The largest absolute Gasteiger partial charge is 0.373 e. The number of hydrogen-bond acceptors (Lipinski definition) is 6. The summed E-state index contributed by atoms with van der Waals surface area (Å²) in [5.74, 6) is 0.444. The summed E-state index contributed by atoms with van der Waals surface area (Å²) >= 11 is 0. The third-order valence-corrected chi connectivity index (χ3v) is 4.94. The van der Waals surface area contributed by atoms with Gasteiger partial charge in [0.15, 0.2) is 0 Å². The van der Waals surface area contributed by atoms with Crippen LogP contribution in [0.1, 0.15) is 17.7 Å². The number of benzene rings is 1. The molecule has 0 saturated heterocycles. The lowest BCUT2D eigenvalue weighted by atomic mass is 10.2. The van der Waals surface area contributed by atoms with Crippen LogP contribution in [0.4, 0.5) is 32.1 Å². The molecular weight excluding hydrogens is 388 g/mol. The maximum atomic E-state index is 13.7. The van der Waals surface area contributed by atoms with E-state index in [-0.39, 0.29) is 0 Å². The first-order valence-corrected chi connectivity index (χ1v) is 9.68. The Morgan fingerprint density at radius 1 is 1.20 bits per heavy atom. The highest BCUT2D eigenvalue weighted by atomic mass is 19.1. The van der Waals surface area contributed by atoms with Crippen LogP contribution in [0.25, 0.3) is 0 Å². The number of nitrogens with zero attached hydrogens (tertiary/aromatic N) is 5. The molecule has 4 rings (SSSR count). The molecule has 0 amide bonds. The Hall–Kier alpha value is -3.49. The number of allylic oxidation sites excluding steroid dienone is 1. The van der Waals surface area contributed by atoms with Gasteiger partial charge in [0.05, 0.1) is 12.0 Å². The highest BCUT2D eigenvalue weighted by molar-refractivity contribution is 5.73. The van der Waals surface area contributed by atoms with E-state index in [9.17, 15) is 8.78 Å². The van der Waals surface area contributed by atoms with Crippen LogP contribution in [0.5, 0.6) is 0 Å². The third kappa shape index (κ3) is 4.10. The molecule has 0 spiro atoms. The number of imidazole rings is 1. The van der Waals surface area contributed by atoms with Crippen molar-refractivity contribution in [3.05, 3.63) is 65.9 Å². The monoisotopic (exact) mass is 411 g/mol. The summed E-state index contributed by atoms with van der Waals surface area (Å²) in [7, 11) is 1.78. The second-order valence-electron chi connectivity index (χ2n) is 7.21. The van der Waals surface area contributed by atoms with E-state index in [4.69, 9.17) is 0 Å². The first-order chi connectivity index (χ1) is 14.4. The van der Waals surface area contributed by atoms with Crippen LogP contribution in [-0.4, -0.2) is 33.1 Å². The Morgan fingerprint density at radius 3 is 2.63 bits per heavy atom. The van der Waals surface area contributed by atoms with Crippen molar-refractivity contribution >= 4 is 23.3 Å². The number of rotatable bonds is 7. The highest BCUT2D eigenvalue weighted by Crippen LogP contribution is 2.37. The smallest absolute Gasteiger partial charge is 0.230 e. The van der Waals surface area contributed by atoms with Gasteiger partial charge in [-0.15, -0.1) is 0 Å². The van der Waals surface area contributed by atoms with Crippen LogP contribution in [0.2, 0.25) is 0 Å². The first kappa shape index (κ1) is 19.8. The van der Waals surface area contributed by atoms with Gasteiger partial charge in [0.25, 0.3) is 0 Å². The molecule has 0 fully saturated rings. The molecule has 9 heteroatoms. The van der Waals surface area contributed by atoms with Crippen LogP contribution < -0.4 is 15.5 Å². The maximum Gasteiger partial charge on any atom is 0.230 e. The molecule has 30 heavy (non-hydrogen) atoms. The molecule has 0 unspecified atom stereocenters. The Balaban J connectivity index is 1.56. The normalized spacial score (nSPS) is 12.7. The Kier molecular flexibility index (Phi) is 5.35. The quantitative estimate of drug-likeness (QED) is 0.612. The molecule has 1 aliphatic rings. The number of aromatic nitrogens is 4. The van der Waals surface area contributed by atoms with Crippen LogP contribution in [0, 0.1) is 18.6 Å². The van der Waals surface area contributed by atoms with E-state index < -0.39 is 11.6 Å². The number of hydrogen-bond donors (Lipinski definition) is 2. The molecule has 7 nitrogen and oxygen atoms in total. The Morgan fingerprint density at radius 2 is 1.97 bits per heavy atom. The average Bonchev–Trinajstić information content (AvgIpc) is 3.31. The van der Waals surface area contributed by atoms with E-state index in [1.54, 1.807) is 18.3 Å². The molecule has 0 saturated carbocycles. The number of halogens is 2. The van der Waals surface area contributed by atoms with E-state index in [2.05, 4.69) is 32.2 Å². The zero-order chi connectivity index (χ0) is 21.3. The van der Waals surface area contributed by atoms with Gasteiger partial charge in [0.2, 0.25) is 5.95 Å². The molecule has 0 aliphatic carbocycles. The van der Waals surface area contributed by atoms with Crippen LogP contribution >= 0.6 is 0 Å². The van der Waals surface area contributed by atoms with Crippen molar-refractivity contribution in [1.82, 2.24) is 19.5 Å². The van der Waals surface area contributed by atoms with Gasteiger partial charge in [0, 0.05) is 55.8 Å². The van der Waals surface area contributed by atoms with E-state index in [1.165, 1.54) is 12.1 Å². The molecule has 3 heterocycles. The summed E-state index contributed by atoms with van der Waals surface area (Å²) < 4.78 is 29.5. The summed E-state index contributed by atoms with van der Waals surface area (Å²) in [6.45, 7) is 7.29. The third-order valence-electron chi connectivity index (χ3n) is 4.94. The van der Waals surface area contributed by atoms with Gasteiger partial charge in [-0.2, -0.15) is 9.97 Å². The molecular formula is C21H23F2N7. The fourth-order valence-corrected chi connectivity index (χ4v) is 3.54. The molecule has 0 radical (unpaired) electrons. The van der Waals surface area contributed by atoms with Gasteiger partial charge in [-0.25, -0.2) is 13.8 Å². The minimum atomic E-state index is -0.622. The van der Waals surface area contributed by atoms with E-state index in [1.807, 2.05) is 17.7 Å². The lowest BCUT2D eigenvalue weighted by Crippen LogP contribution is -2.16. The van der Waals surface area contributed by atoms with Gasteiger partial charge in [-0.05, 0) is 25.5 Å². The van der Waals surface area contributed by atoms with Crippen molar-refractivity contribution < 1.29 is 8.78 Å². The lowest BCUT2D eigenvalue weighted by molar-refractivity contribution is 0.583. The van der Waals surface area contributed by atoms with Crippen molar-refractivity contribution in [2.24, 2.45) is 0 Å². The Labute approximate surface area is 173 Å². The number of anilines is 4. The van der Waals surface area contributed by atoms with Gasteiger partial charge in [0.1, 0.15) is 23.3 Å². The molecule has 156 valence electrons. The Bertz CT molecular complexity index is 1070. The first-order valence-electron chi connectivity index (χ1n) is 9.68. The van der Waals surface area contributed by atoms with E-state index in [0.29, 0.717) is 42.7 Å². The molecule has 0 atom stereocenters. The van der Waals surface area contributed by atoms with Gasteiger partial charge in [-0.1, -0.05) is 6.58 Å². The zero-order valence-electron chi connectivity index (χ0n) is 16.9.